The molecule has 2 N–H and O–H groups in total. The number of methoxy groups -OCH3 is 1. The fourth-order valence-corrected chi connectivity index (χ4v) is 1.51. The van der Waals surface area contributed by atoms with Gasteiger partial charge in [0.15, 0.2) is 0 Å². The highest BCUT2D eigenvalue weighted by Crippen LogP contribution is 2.15. The molecular weight excluding hydrogens is 242 g/mol. The lowest BCUT2D eigenvalue weighted by molar-refractivity contribution is -0.141. The molecule has 0 heterocycles. The number of esters is 1. The molecule has 5 heteroatoms. The number of anilines is 1. The van der Waals surface area contributed by atoms with Gasteiger partial charge in [-0.3, -0.25) is 4.79 Å². The number of halogens is 1. The minimum absolute atomic E-state index is 0.217. The number of aliphatic hydroxyl groups is 1. The Morgan fingerprint density at radius 2 is 2.35 bits per heavy atom. The molecule has 0 fully saturated rings. The Kier molecular flexibility index (Phi) is 5.80. The van der Waals surface area contributed by atoms with Crippen LogP contribution >= 0.6 is 11.6 Å². The van der Waals surface area contributed by atoms with Gasteiger partial charge in [0.25, 0.3) is 0 Å². The van der Waals surface area contributed by atoms with Crippen molar-refractivity contribution < 1.29 is 14.6 Å². The van der Waals surface area contributed by atoms with Gasteiger partial charge in [-0.15, -0.1) is 0 Å². The number of aliphatic hydroxyl groups excluding tert-OH is 1. The van der Waals surface area contributed by atoms with Gasteiger partial charge in [-0.1, -0.05) is 17.7 Å². The molecular formula is C12H16ClNO3. The molecule has 1 rings (SSSR count). The highest BCUT2D eigenvalue weighted by Gasteiger charge is 2.08. The van der Waals surface area contributed by atoms with Crippen LogP contribution in [0.15, 0.2) is 24.3 Å². The number of carbonyl (C=O) groups excluding carboxylic acids is 1. The Hall–Kier alpha value is -1.26. The minimum atomic E-state index is -0.590. The van der Waals surface area contributed by atoms with E-state index < -0.39 is 6.10 Å². The molecule has 0 radical (unpaired) electrons. The van der Waals surface area contributed by atoms with Crippen LogP contribution in [0, 0.1) is 0 Å². The lowest BCUT2D eigenvalue weighted by Gasteiger charge is -2.12. The standard InChI is InChI=1S/C12H16ClNO3/c1-17-12(16)6-5-11(15)8-14-10-4-2-3-9(13)7-10/h2-4,7,11,14-15H,5-6,8H2,1H3. The smallest absolute Gasteiger partial charge is 0.305 e. The molecule has 0 aliphatic carbocycles. The number of carbonyl (C=O) groups is 1. The third-order valence-electron chi connectivity index (χ3n) is 2.28. The molecule has 0 saturated heterocycles. The van der Waals surface area contributed by atoms with E-state index in [1.54, 1.807) is 12.1 Å². The van der Waals surface area contributed by atoms with Crippen molar-refractivity contribution in [2.75, 3.05) is 19.0 Å². The number of benzene rings is 1. The van der Waals surface area contributed by atoms with Crippen LogP contribution in [0.3, 0.4) is 0 Å². The first-order chi connectivity index (χ1) is 8.11. The SMILES string of the molecule is COC(=O)CCC(O)CNc1cccc(Cl)c1. The number of hydrogen-bond acceptors (Lipinski definition) is 4. The molecule has 0 spiro atoms. The number of ether oxygens (including phenoxy) is 1. The van der Waals surface area contributed by atoms with E-state index in [1.807, 2.05) is 12.1 Å². The summed E-state index contributed by atoms with van der Waals surface area (Å²) in [5.41, 5.74) is 0.842. The summed E-state index contributed by atoms with van der Waals surface area (Å²) in [6.45, 7) is 0.372. The first kappa shape index (κ1) is 13.8. The van der Waals surface area contributed by atoms with E-state index in [0.29, 0.717) is 18.0 Å². The van der Waals surface area contributed by atoms with Crippen molar-refractivity contribution in [3.63, 3.8) is 0 Å². The molecule has 0 aliphatic rings. The molecule has 0 aliphatic heterocycles. The topological polar surface area (TPSA) is 58.6 Å². The molecule has 0 amide bonds. The minimum Gasteiger partial charge on any atom is -0.469 e. The molecule has 0 saturated carbocycles. The third-order valence-corrected chi connectivity index (χ3v) is 2.51. The van der Waals surface area contributed by atoms with E-state index in [9.17, 15) is 9.90 Å². The van der Waals surface area contributed by atoms with Gasteiger partial charge in [-0.25, -0.2) is 0 Å². The lowest BCUT2D eigenvalue weighted by Crippen LogP contribution is -2.20. The van der Waals surface area contributed by atoms with Crippen molar-refractivity contribution in [3.8, 4) is 0 Å². The van der Waals surface area contributed by atoms with Gasteiger partial charge in [-0.2, -0.15) is 0 Å². The number of nitrogens with one attached hydrogen (secondary N) is 1. The Morgan fingerprint density at radius 1 is 1.59 bits per heavy atom. The largest absolute Gasteiger partial charge is 0.469 e. The maximum Gasteiger partial charge on any atom is 0.305 e. The second-order valence-electron chi connectivity index (χ2n) is 3.66. The second kappa shape index (κ2) is 7.14. The Balaban J connectivity index is 2.28. The molecule has 17 heavy (non-hydrogen) atoms. The van der Waals surface area contributed by atoms with Crippen molar-refractivity contribution >= 4 is 23.3 Å². The van der Waals surface area contributed by atoms with Crippen LogP contribution in [0.5, 0.6) is 0 Å². The molecule has 1 aromatic carbocycles. The molecule has 1 aromatic rings. The van der Waals surface area contributed by atoms with Crippen LogP contribution in [-0.4, -0.2) is 30.8 Å². The van der Waals surface area contributed by atoms with Crippen molar-refractivity contribution in [1.29, 1.82) is 0 Å². The van der Waals surface area contributed by atoms with E-state index in [-0.39, 0.29) is 12.4 Å². The zero-order valence-electron chi connectivity index (χ0n) is 9.65. The summed E-state index contributed by atoms with van der Waals surface area (Å²) in [5.74, 6) is -0.313. The quantitative estimate of drug-likeness (QED) is 0.766. The Morgan fingerprint density at radius 3 is 3.00 bits per heavy atom. The van der Waals surface area contributed by atoms with E-state index in [0.717, 1.165) is 5.69 Å². The molecule has 0 aromatic heterocycles. The number of hydrogen-bond donors (Lipinski definition) is 2. The Labute approximate surface area is 106 Å². The van der Waals surface area contributed by atoms with Gasteiger partial charge < -0.3 is 15.2 Å². The highest BCUT2D eigenvalue weighted by molar-refractivity contribution is 6.30. The van der Waals surface area contributed by atoms with Gasteiger partial charge in [0.2, 0.25) is 0 Å². The summed E-state index contributed by atoms with van der Waals surface area (Å²) in [6.07, 6.45) is 0.00265. The first-order valence-electron chi connectivity index (χ1n) is 5.36. The maximum absolute atomic E-state index is 10.9. The van der Waals surface area contributed by atoms with Gasteiger partial charge in [-0.05, 0) is 24.6 Å². The van der Waals surface area contributed by atoms with Gasteiger partial charge in [0.1, 0.15) is 0 Å². The summed E-state index contributed by atoms with van der Waals surface area (Å²) in [5, 5.41) is 13.3. The van der Waals surface area contributed by atoms with E-state index >= 15 is 0 Å². The lowest BCUT2D eigenvalue weighted by atomic mass is 10.2. The van der Waals surface area contributed by atoms with Crippen molar-refractivity contribution in [1.82, 2.24) is 0 Å². The molecule has 4 nitrogen and oxygen atoms in total. The molecule has 1 atom stereocenters. The average molecular weight is 258 g/mol. The zero-order chi connectivity index (χ0) is 12.7. The Bertz CT molecular complexity index is 371. The van der Waals surface area contributed by atoms with Gasteiger partial charge >= 0.3 is 5.97 Å². The van der Waals surface area contributed by atoms with Crippen molar-refractivity contribution in [2.45, 2.75) is 18.9 Å². The predicted molar refractivity (Wildman–Crippen MR) is 67.2 cm³/mol. The molecule has 0 bridgehead atoms. The third kappa shape index (κ3) is 5.56. The van der Waals surface area contributed by atoms with Gasteiger partial charge in [0, 0.05) is 23.7 Å². The first-order valence-corrected chi connectivity index (χ1v) is 5.74. The van der Waals surface area contributed by atoms with Crippen LogP contribution in [-0.2, 0) is 9.53 Å². The molecule has 94 valence electrons. The fourth-order valence-electron chi connectivity index (χ4n) is 1.32. The highest BCUT2D eigenvalue weighted by atomic mass is 35.5. The second-order valence-corrected chi connectivity index (χ2v) is 4.10. The summed E-state index contributed by atoms with van der Waals surface area (Å²) in [7, 11) is 1.33. The summed E-state index contributed by atoms with van der Waals surface area (Å²) >= 11 is 5.82. The van der Waals surface area contributed by atoms with Crippen LogP contribution in [0.2, 0.25) is 5.02 Å². The predicted octanol–water partition coefficient (Wildman–Crippen LogP) is 2.07. The summed E-state index contributed by atoms with van der Waals surface area (Å²) in [6, 6.07) is 7.24. The normalized spacial score (nSPS) is 11.9. The maximum atomic E-state index is 10.9. The van der Waals surface area contributed by atoms with Crippen molar-refractivity contribution in [2.24, 2.45) is 0 Å². The van der Waals surface area contributed by atoms with Crippen molar-refractivity contribution in [3.05, 3.63) is 29.3 Å². The van der Waals surface area contributed by atoms with E-state index in [4.69, 9.17) is 11.6 Å². The van der Waals surface area contributed by atoms with E-state index in [2.05, 4.69) is 10.1 Å². The summed E-state index contributed by atoms with van der Waals surface area (Å²) in [4.78, 5) is 10.9. The fraction of sp³-hybridized carbons (Fsp3) is 0.417. The van der Waals surface area contributed by atoms with E-state index in [1.165, 1.54) is 7.11 Å². The van der Waals surface area contributed by atoms with Crippen LogP contribution in [0.4, 0.5) is 5.69 Å². The van der Waals surface area contributed by atoms with Gasteiger partial charge in [0.05, 0.1) is 13.2 Å². The summed E-state index contributed by atoms with van der Waals surface area (Å²) < 4.78 is 4.49. The number of rotatable bonds is 6. The zero-order valence-corrected chi connectivity index (χ0v) is 10.4. The van der Waals surface area contributed by atoms with Crippen LogP contribution in [0.1, 0.15) is 12.8 Å². The average Bonchev–Trinajstić information content (AvgIpc) is 2.33. The van der Waals surface area contributed by atoms with Crippen LogP contribution in [0.25, 0.3) is 0 Å². The monoisotopic (exact) mass is 257 g/mol. The van der Waals surface area contributed by atoms with Crippen LogP contribution < -0.4 is 5.32 Å². The molecule has 1 unspecified atom stereocenters.